The molecule has 0 amide bonds. The number of benzene rings is 2. The summed E-state index contributed by atoms with van der Waals surface area (Å²) in [5, 5.41) is 4.04. The van der Waals surface area contributed by atoms with Crippen molar-refractivity contribution in [3.05, 3.63) is 51.0 Å². The third kappa shape index (κ3) is 3.83. The molecule has 0 saturated heterocycles. The molecule has 2 aromatic carbocycles. The third-order valence-electron chi connectivity index (χ3n) is 3.10. The van der Waals surface area contributed by atoms with Gasteiger partial charge in [0, 0.05) is 6.54 Å². The Balaban J connectivity index is 2.18. The number of rotatable bonds is 5. The van der Waals surface area contributed by atoms with Crippen LogP contribution in [-0.2, 0) is 6.54 Å². The van der Waals surface area contributed by atoms with E-state index >= 15 is 0 Å². The van der Waals surface area contributed by atoms with Crippen LogP contribution in [0.5, 0.6) is 11.5 Å². The molecule has 2 aromatic rings. The second-order valence-corrected chi connectivity index (χ2v) is 5.91. The lowest BCUT2D eigenvalue weighted by molar-refractivity contribution is 0.352. The van der Waals surface area contributed by atoms with Gasteiger partial charge in [0.15, 0.2) is 11.5 Å². The number of halogens is 2. The van der Waals surface area contributed by atoms with Crippen LogP contribution in [0.1, 0.15) is 11.1 Å². The maximum absolute atomic E-state index is 6.22. The Morgan fingerprint density at radius 1 is 1.14 bits per heavy atom. The second-order valence-electron chi connectivity index (χ2n) is 4.65. The van der Waals surface area contributed by atoms with Crippen molar-refractivity contribution in [2.75, 3.05) is 19.5 Å². The zero-order valence-corrected chi connectivity index (χ0v) is 14.5. The molecule has 112 valence electrons. The first-order valence-electron chi connectivity index (χ1n) is 6.45. The minimum Gasteiger partial charge on any atom is -0.493 e. The number of hydrogen-bond acceptors (Lipinski definition) is 3. The molecule has 0 aliphatic heterocycles. The van der Waals surface area contributed by atoms with Gasteiger partial charge in [-0.1, -0.05) is 17.7 Å². The highest BCUT2D eigenvalue weighted by Crippen LogP contribution is 2.36. The van der Waals surface area contributed by atoms with Gasteiger partial charge < -0.3 is 14.8 Å². The van der Waals surface area contributed by atoms with Gasteiger partial charge in [-0.15, -0.1) is 0 Å². The van der Waals surface area contributed by atoms with Crippen molar-refractivity contribution in [3.63, 3.8) is 0 Å². The third-order valence-corrected chi connectivity index (χ3v) is 4.00. The summed E-state index contributed by atoms with van der Waals surface area (Å²) in [5.41, 5.74) is 3.11. The molecule has 0 aliphatic rings. The molecule has 0 radical (unpaired) electrons. The molecule has 0 bridgehead atoms. The molecule has 0 saturated carbocycles. The Labute approximate surface area is 138 Å². The van der Waals surface area contributed by atoms with Crippen LogP contribution in [0.4, 0.5) is 5.69 Å². The van der Waals surface area contributed by atoms with Gasteiger partial charge in [0.2, 0.25) is 0 Å². The fourth-order valence-electron chi connectivity index (χ4n) is 2.03. The van der Waals surface area contributed by atoms with Crippen LogP contribution < -0.4 is 14.8 Å². The highest BCUT2D eigenvalue weighted by molar-refractivity contribution is 9.10. The number of methoxy groups -OCH3 is 2. The van der Waals surface area contributed by atoms with Crippen LogP contribution in [0.2, 0.25) is 5.02 Å². The molecule has 0 aromatic heterocycles. The van der Waals surface area contributed by atoms with Gasteiger partial charge in [0.1, 0.15) is 0 Å². The SMILES string of the molecule is COc1cc(CNc2ccc(C)cc2Cl)cc(Br)c1OC. The highest BCUT2D eigenvalue weighted by atomic mass is 79.9. The topological polar surface area (TPSA) is 30.5 Å². The van der Waals surface area contributed by atoms with Gasteiger partial charge in [0.25, 0.3) is 0 Å². The summed E-state index contributed by atoms with van der Waals surface area (Å²) in [6.07, 6.45) is 0. The maximum Gasteiger partial charge on any atom is 0.174 e. The van der Waals surface area contributed by atoms with E-state index in [0.29, 0.717) is 18.0 Å². The van der Waals surface area contributed by atoms with Crippen molar-refractivity contribution in [1.82, 2.24) is 0 Å². The average molecular weight is 371 g/mol. The molecule has 0 spiro atoms. The number of aryl methyl sites for hydroxylation is 1. The molecular formula is C16H17BrClNO2. The van der Waals surface area contributed by atoms with E-state index in [1.54, 1.807) is 14.2 Å². The summed E-state index contributed by atoms with van der Waals surface area (Å²) in [6, 6.07) is 9.88. The molecule has 2 rings (SSSR count). The van der Waals surface area contributed by atoms with E-state index in [9.17, 15) is 0 Å². The van der Waals surface area contributed by atoms with Gasteiger partial charge in [-0.05, 0) is 58.2 Å². The number of nitrogens with one attached hydrogen (secondary N) is 1. The summed E-state index contributed by atoms with van der Waals surface area (Å²) in [7, 11) is 3.24. The Kier molecular flexibility index (Phi) is 5.37. The molecule has 21 heavy (non-hydrogen) atoms. The molecular weight excluding hydrogens is 354 g/mol. The van der Waals surface area contributed by atoms with Crippen LogP contribution in [0.3, 0.4) is 0 Å². The minimum absolute atomic E-state index is 0.641. The molecule has 5 heteroatoms. The molecule has 0 atom stereocenters. The zero-order chi connectivity index (χ0) is 15.4. The summed E-state index contributed by atoms with van der Waals surface area (Å²) in [5.74, 6) is 1.38. The van der Waals surface area contributed by atoms with Crippen molar-refractivity contribution in [3.8, 4) is 11.5 Å². The van der Waals surface area contributed by atoms with Gasteiger partial charge >= 0.3 is 0 Å². The van der Waals surface area contributed by atoms with Crippen molar-refractivity contribution in [2.24, 2.45) is 0 Å². The number of anilines is 1. The van der Waals surface area contributed by atoms with Crippen molar-refractivity contribution in [2.45, 2.75) is 13.5 Å². The maximum atomic E-state index is 6.22. The van der Waals surface area contributed by atoms with Gasteiger partial charge in [-0.2, -0.15) is 0 Å². The zero-order valence-electron chi connectivity index (χ0n) is 12.2. The minimum atomic E-state index is 0.641. The van der Waals surface area contributed by atoms with Crippen molar-refractivity contribution < 1.29 is 9.47 Å². The first-order chi connectivity index (χ1) is 10.0. The predicted octanol–water partition coefficient (Wildman–Crippen LogP) is 5.04. The molecule has 0 fully saturated rings. The highest BCUT2D eigenvalue weighted by Gasteiger charge is 2.10. The molecule has 0 heterocycles. The van der Waals surface area contributed by atoms with Gasteiger partial charge in [0.05, 0.1) is 29.4 Å². The summed E-state index contributed by atoms with van der Waals surface area (Å²) in [4.78, 5) is 0. The van der Waals surface area contributed by atoms with E-state index in [4.69, 9.17) is 21.1 Å². The Hall–Kier alpha value is -1.39. The van der Waals surface area contributed by atoms with Crippen LogP contribution in [0.15, 0.2) is 34.8 Å². The number of hydrogen-bond donors (Lipinski definition) is 1. The lowest BCUT2D eigenvalue weighted by atomic mass is 10.2. The quantitative estimate of drug-likeness (QED) is 0.800. The monoisotopic (exact) mass is 369 g/mol. The van der Waals surface area contributed by atoms with E-state index in [-0.39, 0.29) is 0 Å². The first-order valence-corrected chi connectivity index (χ1v) is 7.62. The lowest BCUT2D eigenvalue weighted by Crippen LogP contribution is -2.01. The van der Waals surface area contributed by atoms with Crippen LogP contribution >= 0.6 is 27.5 Å². The number of ether oxygens (including phenoxy) is 2. The van der Waals surface area contributed by atoms with E-state index in [1.165, 1.54) is 0 Å². The van der Waals surface area contributed by atoms with E-state index in [1.807, 2.05) is 37.3 Å². The van der Waals surface area contributed by atoms with E-state index < -0.39 is 0 Å². The van der Waals surface area contributed by atoms with Gasteiger partial charge in [-0.25, -0.2) is 0 Å². The lowest BCUT2D eigenvalue weighted by Gasteiger charge is -2.13. The van der Waals surface area contributed by atoms with Gasteiger partial charge in [-0.3, -0.25) is 0 Å². The summed E-state index contributed by atoms with van der Waals surface area (Å²) in [6.45, 7) is 2.66. The Bertz CT molecular complexity index is 646. The van der Waals surface area contributed by atoms with Crippen LogP contribution in [0, 0.1) is 6.92 Å². The fraction of sp³-hybridized carbons (Fsp3) is 0.250. The predicted molar refractivity (Wildman–Crippen MR) is 90.8 cm³/mol. The van der Waals surface area contributed by atoms with E-state index in [2.05, 4.69) is 21.2 Å². The van der Waals surface area contributed by atoms with E-state index in [0.717, 1.165) is 26.3 Å². The van der Waals surface area contributed by atoms with Crippen LogP contribution in [-0.4, -0.2) is 14.2 Å². The second kappa shape index (κ2) is 7.05. The molecule has 0 aliphatic carbocycles. The summed E-state index contributed by atoms with van der Waals surface area (Å²) >= 11 is 9.71. The smallest absolute Gasteiger partial charge is 0.174 e. The van der Waals surface area contributed by atoms with Crippen molar-refractivity contribution >= 4 is 33.2 Å². The summed E-state index contributed by atoms with van der Waals surface area (Å²) < 4.78 is 11.5. The van der Waals surface area contributed by atoms with Crippen LogP contribution in [0.25, 0.3) is 0 Å². The standard InChI is InChI=1S/C16H17BrClNO2/c1-10-4-5-14(13(18)6-10)19-9-11-7-12(17)16(21-3)15(8-11)20-2/h4-8,19H,9H2,1-3H3. The average Bonchev–Trinajstić information content (AvgIpc) is 2.45. The molecule has 0 unspecified atom stereocenters. The largest absolute Gasteiger partial charge is 0.493 e. The Morgan fingerprint density at radius 2 is 1.90 bits per heavy atom. The normalized spacial score (nSPS) is 10.3. The first kappa shape index (κ1) is 16.0. The molecule has 3 nitrogen and oxygen atoms in total. The fourth-order valence-corrected chi connectivity index (χ4v) is 2.99. The van der Waals surface area contributed by atoms with Crippen molar-refractivity contribution in [1.29, 1.82) is 0 Å². The molecule has 1 N–H and O–H groups in total. The Morgan fingerprint density at radius 3 is 2.52 bits per heavy atom.